The van der Waals surface area contributed by atoms with Crippen molar-refractivity contribution in [1.82, 2.24) is 0 Å². The molecule has 0 heterocycles. The Balaban J connectivity index is 3.30. The lowest BCUT2D eigenvalue weighted by atomic mass is 10.0. The standard InChI is InChI=1S/C10H8ClNO2/c1-6-2-7(5-12)9(13)3-8(6)10(14)4-11/h2-3,13H,4H2,1H3. The second kappa shape index (κ2) is 4.12. The molecule has 4 heteroatoms. The van der Waals surface area contributed by atoms with Gasteiger partial charge in [-0.1, -0.05) is 0 Å². The van der Waals surface area contributed by atoms with Gasteiger partial charge >= 0.3 is 0 Å². The molecule has 3 nitrogen and oxygen atoms in total. The predicted octanol–water partition coefficient (Wildman–Crippen LogP) is 1.99. The number of aryl methyl sites for hydroxylation is 1. The van der Waals surface area contributed by atoms with Gasteiger partial charge in [-0.15, -0.1) is 11.6 Å². The van der Waals surface area contributed by atoms with Crippen molar-refractivity contribution >= 4 is 17.4 Å². The lowest BCUT2D eigenvalue weighted by molar-refractivity contribution is 0.102. The molecule has 72 valence electrons. The van der Waals surface area contributed by atoms with E-state index in [1.165, 1.54) is 12.1 Å². The lowest BCUT2D eigenvalue weighted by Crippen LogP contribution is -2.03. The number of halogens is 1. The van der Waals surface area contributed by atoms with Crippen molar-refractivity contribution in [3.05, 3.63) is 28.8 Å². The fraction of sp³-hybridized carbons (Fsp3) is 0.200. The summed E-state index contributed by atoms with van der Waals surface area (Å²) >= 11 is 5.39. The van der Waals surface area contributed by atoms with Gasteiger partial charge in [-0.3, -0.25) is 4.79 Å². The zero-order valence-electron chi connectivity index (χ0n) is 7.54. The topological polar surface area (TPSA) is 61.1 Å². The Bertz CT molecular complexity index is 421. The number of ketones is 1. The highest BCUT2D eigenvalue weighted by atomic mass is 35.5. The normalized spacial score (nSPS) is 9.50. The van der Waals surface area contributed by atoms with Crippen LogP contribution in [0.3, 0.4) is 0 Å². The van der Waals surface area contributed by atoms with Crippen molar-refractivity contribution in [2.24, 2.45) is 0 Å². The molecule has 1 rings (SSSR count). The second-order valence-corrected chi connectivity index (χ2v) is 3.12. The first-order valence-corrected chi connectivity index (χ1v) is 4.46. The van der Waals surface area contributed by atoms with E-state index in [4.69, 9.17) is 16.9 Å². The van der Waals surface area contributed by atoms with Crippen molar-refractivity contribution < 1.29 is 9.90 Å². The van der Waals surface area contributed by atoms with Crippen LogP contribution in [0.1, 0.15) is 21.5 Å². The fourth-order valence-electron chi connectivity index (χ4n) is 1.16. The number of phenols is 1. The molecule has 0 aromatic heterocycles. The summed E-state index contributed by atoms with van der Waals surface area (Å²) in [5, 5.41) is 18.0. The first kappa shape index (κ1) is 10.6. The van der Waals surface area contributed by atoms with E-state index in [0.29, 0.717) is 11.1 Å². The van der Waals surface area contributed by atoms with Crippen LogP contribution in [0.4, 0.5) is 0 Å². The third-order valence-corrected chi connectivity index (χ3v) is 2.13. The van der Waals surface area contributed by atoms with Crippen LogP contribution in [-0.2, 0) is 0 Å². The molecule has 1 aromatic rings. The minimum absolute atomic E-state index is 0.133. The van der Waals surface area contributed by atoms with Gasteiger partial charge in [0, 0.05) is 5.56 Å². The van der Waals surface area contributed by atoms with E-state index in [1.807, 2.05) is 6.07 Å². The Morgan fingerprint density at radius 3 is 2.79 bits per heavy atom. The summed E-state index contributed by atoms with van der Waals surface area (Å²) in [5.74, 6) is -0.581. The molecule has 0 amide bonds. The summed E-state index contributed by atoms with van der Waals surface area (Å²) in [7, 11) is 0. The summed E-state index contributed by atoms with van der Waals surface area (Å²) in [6.45, 7) is 1.69. The molecule has 0 spiro atoms. The van der Waals surface area contributed by atoms with Gasteiger partial charge in [0.2, 0.25) is 0 Å². The van der Waals surface area contributed by atoms with Crippen LogP contribution >= 0.6 is 11.6 Å². The molecule has 0 fully saturated rings. The number of phenolic OH excluding ortho intramolecular Hbond substituents is 1. The molecule has 0 radical (unpaired) electrons. The molecule has 0 saturated heterocycles. The smallest absolute Gasteiger partial charge is 0.177 e. The molecular weight excluding hydrogens is 202 g/mol. The van der Waals surface area contributed by atoms with E-state index in [9.17, 15) is 9.90 Å². The molecule has 0 saturated carbocycles. The minimum Gasteiger partial charge on any atom is -0.507 e. The summed E-state index contributed by atoms with van der Waals surface area (Å²) in [5.41, 5.74) is 1.16. The number of benzene rings is 1. The lowest BCUT2D eigenvalue weighted by Gasteiger charge is -2.04. The number of aromatic hydroxyl groups is 1. The summed E-state index contributed by atoms with van der Waals surface area (Å²) in [4.78, 5) is 11.3. The molecule has 0 atom stereocenters. The maximum absolute atomic E-state index is 11.3. The van der Waals surface area contributed by atoms with Gasteiger partial charge in [0.15, 0.2) is 5.78 Å². The molecule has 0 aliphatic rings. The van der Waals surface area contributed by atoms with E-state index < -0.39 is 0 Å². The molecule has 1 aromatic carbocycles. The van der Waals surface area contributed by atoms with Crippen molar-refractivity contribution in [3.63, 3.8) is 0 Å². The van der Waals surface area contributed by atoms with E-state index in [0.717, 1.165) is 0 Å². The third kappa shape index (κ3) is 1.86. The fourth-order valence-corrected chi connectivity index (χ4v) is 1.30. The summed E-state index contributed by atoms with van der Waals surface area (Å²) in [6, 6.07) is 4.57. The molecule has 0 aliphatic heterocycles. The van der Waals surface area contributed by atoms with Gasteiger partial charge in [-0.05, 0) is 24.6 Å². The largest absolute Gasteiger partial charge is 0.507 e. The Morgan fingerprint density at radius 1 is 1.64 bits per heavy atom. The van der Waals surface area contributed by atoms with Crippen molar-refractivity contribution in [3.8, 4) is 11.8 Å². The Hall–Kier alpha value is -1.53. The maximum atomic E-state index is 11.3. The van der Waals surface area contributed by atoms with Gasteiger partial charge in [0.05, 0.1) is 11.4 Å². The number of carbonyl (C=O) groups is 1. The van der Waals surface area contributed by atoms with Crippen LogP contribution in [0, 0.1) is 18.3 Å². The third-order valence-electron chi connectivity index (χ3n) is 1.88. The minimum atomic E-state index is -0.260. The molecule has 1 N–H and O–H groups in total. The first-order chi connectivity index (χ1) is 6.60. The first-order valence-electron chi connectivity index (χ1n) is 3.93. The highest BCUT2D eigenvalue weighted by Crippen LogP contribution is 2.22. The Morgan fingerprint density at radius 2 is 2.29 bits per heavy atom. The van der Waals surface area contributed by atoms with Gasteiger partial charge in [-0.2, -0.15) is 5.26 Å². The number of hydrogen-bond donors (Lipinski definition) is 1. The quantitative estimate of drug-likeness (QED) is 0.599. The average Bonchev–Trinajstić information content (AvgIpc) is 2.19. The van der Waals surface area contributed by atoms with E-state index in [1.54, 1.807) is 6.92 Å². The maximum Gasteiger partial charge on any atom is 0.177 e. The SMILES string of the molecule is Cc1cc(C#N)c(O)cc1C(=O)CCl. The van der Waals surface area contributed by atoms with Gasteiger partial charge < -0.3 is 5.11 Å². The number of rotatable bonds is 2. The van der Waals surface area contributed by atoms with Gasteiger partial charge in [0.25, 0.3) is 0 Å². The molecule has 0 aliphatic carbocycles. The van der Waals surface area contributed by atoms with Gasteiger partial charge in [-0.25, -0.2) is 0 Å². The van der Waals surface area contributed by atoms with Crippen LogP contribution < -0.4 is 0 Å². The molecular formula is C10H8ClNO2. The summed E-state index contributed by atoms with van der Waals surface area (Å²) in [6.07, 6.45) is 0. The molecule has 0 unspecified atom stereocenters. The van der Waals surface area contributed by atoms with Crippen LogP contribution in [0.25, 0.3) is 0 Å². The monoisotopic (exact) mass is 209 g/mol. The van der Waals surface area contributed by atoms with Crippen LogP contribution in [0.2, 0.25) is 0 Å². The van der Waals surface area contributed by atoms with E-state index >= 15 is 0 Å². The number of alkyl halides is 1. The van der Waals surface area contributed by atoms with Crippen molar-refractivity contribution in [1.29, 1.82) is 5.26 Å². The number of hydrogen-bond acceptors (Lipinski definition) is 3. The second-order valence-electron chi connectivity index (χ2n) is 2.85. The van der Waals surface area contributed by atoms with Crippen molar-refractivity contribution in [2.75, 3.05) is 5.88 Å². The zero-order valence-corrected chi connectivity index (χ0v) is 8.30. The Kier molecular flexibility index (Phi) is 3.10. The molecule has 14 heavy (non-hydrogen) atoms. The predicted molar refractivity (Wildman–Crippen MR) is 52.6 cm³/mol. The number of nitriles is 1. The highest BCUT2D eigenvalue weighted by molar-refractivity contribution is 6.30. The van der Waals surface area contributed by atoms with Crippen LogP contribution in [0.15, 0.2) is 12.1 Å². The van der Waals surface area contributed by atoms with Crippen LogP contribution in [0.5, 0.6) is 5.75 Å². The number of Topliss-reactive ketones (excluding diaryl/α,β-unsaturated/α-hetero) is 1. The number of nitrogens with zero attached hydrogens (tertiary/aromatic N) is 1. The number of carbonyl (C=O) groups excluding carboxylic acids is 1. The zero-order chi connectivity index (χ0) is 10.7. The Labute approximate surface area is 86.5 Å². The van der Waals surface area contributed by atoms with E-state index in [2.05, 4.69) is 0 Å². The summed E-state index contributed by atoms with van der Waals surface area (Å²) < 4.78 is 0. The molecule has 0 bridgehead atoms. The van der Waals surface area contributed by atoms with Crippen LogP contribution in [-0.4, -0.2) is 16.8 Å². The highest BCUT2D eigenvalue weighted by Gasteiger charge is 2.11. The average molecular weight is 210 g/mol. The van der Waals surface area contributed by atoms with Gasteiger partial charge in [0.1, 0.15) is 11.8 Å². The van der Waals surface area contributed by atoms with E-state index in [-0.39, 0.29) is 23.0 Å². The van der Waals surface area contributed by atoms with Crippen molar-refractivity contribution in [2.45, 2.75) is 6.92 Å².